The molecule has 0 radical (unpaired) electrons. The highest BCUT2D eigenvalue weighted by molar-refractivity contribution is 5.86. The lowest BCUT2D eigenvalue weighted by atomic mass is 10.2. The number of benzene rings is 2. The lowest BCUT2D eigenvalue weighted by Crippen LogP contribution is -2.14. The van der Waals surface area contributed by atoms with Gasteiger partial charge in [0.05, 0.1) is 11.3 Å². The van der Waals surface area contributed by atoms with Gasteiger partial charge >= 0.3 is 6.09 Å². The van der Waals surface area contributed by atoms with Crippen molar-refractivity contribution in [2.75, 3.05) is 5.32 Å². The van der Waals surface area contributed by atoms with Crippen LogP contribution in [0.15, 0.2) is 48.5 Å². The van der Waals surface area contributed by atoms with Gasteiger partial charge in [0, 0.05) is 0 Å². The molecule has 2 rings (SSSR count). The van der Waals surface area contributed by atoms with Crippen molar-refractivity contribution in [1.82, 2.24) is 0 Å². The van der Waals surface area contributed by atoms with Gasteiger partial charge in [0.25, 0.3) is 0 Å². The number of ether oxygens (including phenoxy) is 1. The third-order valence-electron chi connectivity index (χ3n) is 2.55. The number of amides is 1. The van der Waals surface area contributed by atoms with Crippen LogP contribution >= 0.6 is 0 Å². The summed E-state index contributed by atoms with van der Waals surface area (Å²) in [6.45, 7) is 0.101. The van der Waals surface area contributed by atoms with E-state index in [2.05, 4.69) is 5.32 Å². The quantitative estimate of drug-likeness (QED) is 0.929. The zero-order chi connectivity index (χ0) is 14.4. The molecule has 0 unspecified atom stereocenters. The van der Waals surface area contributed by atoms with Crippen LogP contribution in [0.1, 0.15) is 11.1 Å². The molecule has 0 atom stereocenters. The van der Waals surface area contributed by atoms with Crippen LogP contribution in [0.5, 0.6) is 0 Å². The normalized spacial score (nSPS) is 9.60. The number of nitrogens with one attached hydrogen (secondary N) is 1. The van der Waals surface area contributed by atoms with E-state index >= 15 is 0 Å². The van der Waals surface area contributed by atoms with Crippen molar-refractivity contribution in [2.24, 2.45) is 0 Å². The fraction of sp³-hybridized carbons (Fsp3) is 0.0667. The van der Waals surface area contributed by atoms with Gasteiger partial charge in [-0.05, 0) is 23.8 Å². The first kappa shape index (κ1) is 13.6. The molecule has 100 valence electrons. The second-order valence-electron chi connectivity index (χ2n) is 3.99. The Hall–Kier alpha value is -2.87. The fourth-order valence-corrected chi connectivity index (χ4v) is 1.59. The molecule has 2 aromatic rings. The topological polar surface area (TPSA) is 62.1 Å². The Morgan fingerprint density at radius 3 is 2.70 bits per heavy atom. The van der Waals surface area contributed by atoms with E-state index in [0.717, 1.165) is 17.7 Å². The Morgan fingerprint density at radius 1 is 1.25 bits per heavy atom. The van der Waals surface area contributed by atoms with Gasteiger partial charge in [-0.2, -0.15) is 5.26 Å². The molecule has 0 aliphatic carbocycles. The highest BCUT2D eigenvalue weighted by Crippen LogP contribution is 2.16. The second kappa shape index (κ2) is 6.34. The highest BCUT2D eigenvalue weighted by Gasteiger charge is 2.09. The van der Waals surface area contributed by atoms with Gasteiger partial charge in [-0.15, -0.1) is 0 Å². The summed E-state index contributed by atoms with van der Waals surface area (Å²) in [5, 5.41) is 11.2. The number of rotatable bonds is 3. The highest BCUT2D eigenvalue weighted by atomic mass is 19.1. The maximum atomic E-state index is 13.1. The first-order chi connectivity index (χ1) is 9.69. The molecular weight excluding hydrogens is 259 g/mol. The number of nitriles is 1. The van der Waals surface area contributed by atoms with E-state index in [9.17, 15) is 9.18 Å². The van der Waals surface area contributed by atoms with Crippen molar-refractivity contribution in [3.8, 4) is 6.07 Å². The van der Waals surface area contributed by atoms with Crippen molar-refractivity contribution in [3.05, 3.63) is 65.5 Å². The Labute approximate surface area is 115 Å². The van der Waals surface area contributed by atoms with Crippen LogP contribution in [0.2, 0.25) is 0 Å². The lowest BCUT2D eigenvalue weighted by Gasteiger charge is -2.08. The maximum Gasteiger partial charge on any atom is 0.411 e. The lowest BCUT2D eigenvalue weighted by molar-refractivity contribution is 0.155. The number of hydrogen-bond acceptors (Lipinski definition) is 3. The van der Waals surface area contributed by atoms with Gasteiger partial charge in [-0.1, -0.05) is 30.3 Å². The molecule has 0 spiro atoms. The van der Waals surface area contributed by atoms with E-state index in [0.29, 0.717) is 0 Å². The Bertz CT molecular complexity index is 651. The molecule has 5 heteroatoms. The Morgan fingerprint density at radius 2 is 2.00 bits per heavy atom. The van der Waals surface area contributed by atoms with Crippen LogP contribution in [0.25, 0.3) is 0 Å². The van der Waals surface area contributed by atoms with E-state index in [4.69, 9.17) is 10.00 Å². The minimum atomic E-state index is -0.740. The van der Waals surface area contributed by atoms with Gasteiger partial charge in [0.2, 0.25) is 0 Å². The summed E-state index contributed by atoms with van der Waals surface area (Å²) in [6.07, 6.45) is -0.740. The minimum absolute atomic E-state index is 0.0885. The zero-order valence-electron chi connectivity index (χ0n) is 10.5. The number of carbonyl (C=O) groups excluding carboxylic acids is 1. The first-order valence-electron chi connectivity index (χ1n) is 5.86. The van der Waals surface area contributed by atoms with E-state index < -0.39 is 11.9 Å². The summed E-state index contributed by atoms with van der Waals surface area (Å²) in [5.41, 5.74) is 1.09. The van der Waals surface area contributed by atoms with Gasteiger partial charge < -0.3 is 4.74 Å². The molecule has 1 N–H and O–H groups in total. The minimum Gasteiger partial charge on any atom is -0.444 e. The molecule has 0 heterocycles. The molecule has 20 heavy (non-hydrogen) atoms. The summed E-state index contributed by atoms with van der Waals surface area (Å²) in [7, 11) is 0. The van der Waals surface area contributed by atoms with E-state index in [1.54, 1.807) is 0 Å². The second-order valence-corrected chi connectivity index (χ2v) is 3.99. The molecule has 0 aliphatic heterocycles. The van der Waals surface area contributed by atoms with Gasteiger partial charge in [-0.25, -0.2) is 9.18 Å². The number of hydrogen-bond donors (Lipinski definition) is 1. The monoisotopic (exact) mass is 270 g/mol. The smallest absolute Gasteiger partial charge is 0.411 e. The van der Waals surface area contributed by atoms with Crippen LogP contribution in [0, 0.1) is 17.1 Å². The van der Waals surface area contributed by atoms with Crippen molar-refractivity contribution in [3.63, 3.8) is 0 Å². The van der Waals surface area contributed by atoms with Gasteiger partial charge in [-0.3, -0.25) is 5.32 Å². The van der Waals surface area contributed by atoms with Crippen LogP contribution in [-0.4, -0.2) is 6.09 Å². The van der Waals surface area contributed by atoms with Crippen LogP contribution in [0.4, 0.5) is 14.9 Å². The van der Waals surface area contributed by atoms with E-state index in [1.165, 1.54) is 6.07 Å². The van der Waals surface area contributed by atoms with Crippen LogP contribution < -0.4 is 5.32 Å². The third kappa shape index (κ3) is 3.56. The molecular formula is C15H11FN2O2. The SMILES string of the molecule is N#Cc1ccc(F)cc1NC(=O)OCc1ccccc1. The fourth-order valence-electron chi connectivity index (χ4n) is 1.59. The summed E-state index contributed by atoms with van der Waals surface area (Å²) in [6, 6.07) is 14.5. The molecule has 4 nitrogen and oxygen atoms in total. The van der Waals surface area contributed by atoms with E-state index in [1.807, 2.05) is 36.4 Å². The standard InChI is InChI=1S/C15H11FN2O2/c16-13-7-6-12(9-17)14(8-13)18-15(19)20-10-11-4-2-1-3-5-11/h1-8H,10H2,(H,18,19). The molecule has 2 aromatic carbocycles. The summed E-state index contributed by atoms with van der Waals surface area (Å²) in [4.78, 5) is 11.6. The van der Waals surface area contributed by atoms with Crippen molar-refractivity contribution < 1.29 is 13.9 Å². The van der Waals surface area contributed by atoms with Gasteiger partial charge in [0.1, 0.15) is 18.5 Å². The van der Waals surface area contributed by atoms with Gasteiger partial charge in [0.15, 0.2) is 0 Å². The van der Waals surface area contributed by atoms with Crippen molar-refractivity contribution in [2.45, 2.75) is 6.61 Å². The maximum absolute atomic E-state index is 13.1. The zero-order valence-corrected chi connectivity index (χ0v) is 10.5. The first-order valence-corrected chi connectivity index (χ1v) is 5.86. The molecule has 0 aromatic heterocycles. The van der Waals surface area contributed by atoms with Crippen molar-refractivity contribution >= 4 is 11.8 Å². The largest absolute Gasteiger partial charge is 0.444 e. The number of carbonyl (C=O) groups is 1. The molecule has 0 saturated carbocycles. The number of anilines is 1. The number of halogens is 1. The average molecular weight is 270 g/mol. The summed E-state index contributed by atoms with van der Waals surface area (Å²) in [5.74, 6) is -0.539. The predicted molar refractivity (Wildman–Crippen MR) is 71.4 cm³/mol. The van der Waals surface area contributed by atoms with E-state index in [-0.39, 0.29) is 17.9 Å². The van der Waals surface area contributed by atoms with Crippen molar-refractivity contribution in [1.29, 1.82) is 5.26 Å². The Balaban J connectivity index is 1.98. The predicted octanol–water partition coefficient (Wildman–Crippen LogP) is 3.45. The molecule has 0 bridgehead atoms. The summed E-state index contributed by atoms with van der Waals surface area (Å²) < 4.78 is 18.1. The Kier molecular flexibility index (Phi) is 4.30. The number of nitrogens with zero attached hydrogens (tertiary/aromatic N) is 1. The third-order valence-corrected chi connectivity index (χ3v) is 2.55. The van der Waals surface area contributed by atoms with Crippen LogP contribution in [-0.2, 0) is 11.3 Å². The molecule has 1 amide bonds. The van der Waals surface area contributed by atoms with Crippen LogP contribution in [0.3, 0.4) is 0 Å². The summed E-state index contributed by atoms with van der Waals surface area (Å²) >= 11 is 0. The molecule has 0 saturated heterocycles. The molecule has 0 aliphatic rings. The average Bonchev–Trinajstić information content (AvgIpc) is 2.46. The molecule has 0 fully saturated rings.